The van der Waals surface area contributed by atoms with E-state index in [1.807, 2.05) is 43.3 Å². The number of benzene rings is 1. The molecule has 0 N–H and O–H groups in total. The van der Waals surface area contributed by atoms with E-state index in [0.29, 0.717) is 13.1 Å². The molecule has 1 aromatic carbocycles. The first-order valence-electron chi connectivity index (χ1n) is 7.54. The number of carbonyl (C=O) groups is 1. The Labute approximate surface area is 140 Å². The third kappa shape index (κ3) is 4.55. The van der Waals surface area contributed by atoms with Gasteiger partial charge in [0.25, 0.3) is 0 Å². The van der Waals surface area contributed by atoms with Crippen LogP contribution in [0.15, 0.2) is 36.7 Å². The Morgan fingerprint density at radius 2 is 1.92 bits per heavy atom. The molecule has 0 unspecified atom stereocenters. The van der Waals surface area contributed by atoms with Crippen LogP contribution in [0.5, 0.6) is 0 Å². The highest BCUT2D eigenvalue weighted by Gasteiger charge is 2.12. The monoisotopic (exact) mass is 331 g/mol. The fourth-order valence-electron chi connectivity index (χ4n) is 2.23. The van der Waals surface area contributed by atoms with E-state index in [2.05, 4.69) is 5.10 Å². The van der Waals surface area contributed by atoms with Crippen molar-refractivity contribution in [1.82, 2.24) is 14.7 Å². The minimum Gasteiger partial charge on any atom is -0.378 e. The van der Waals surface area contributed by atoms with Gasteiger partial charge in [0.15, 0.2) is 0 Å². The molecule has 8 heteroatoms. The normalized spacial score (nSPS) is 10.5. The second-order valence-corrected chi connectivity index (χ2v) is 5.78. The smallest absolute Gasteiger partial charge is 0.306 e. The van der Waals surface area contributed by atoms with Crippen LogP contribution in [-0.2, 0) is 17.9 Å². The molecular formula is C16H21N5O3. The molecule has 2 aromatic rings. The van der Waals surface area contributed by atoms with E-state index < -0.39 is 4.92 Å². The molecule has 8 nitrogen and oxygen atoms in total. The van der Waals surface area contributed by atoms with Crippen molar-refractivity contribution >= 4 is 17.3 Å². The molecule has 0 aliphatic carbocycles. The first-order chi connectivity index (χ1) is 11.4. The Kier molecular flexibility index (Phi) is 5.51. The number of nitrogens with zero attached hydrogens (tertiary/aromatic N) is 5. The Hall–Kier alpha value is -2.90. The number of hydrogen-bond donors (Lipinski definition) is 0. The van der Waals surface area contributed by atoms with Crippen LogP contribution in [0, 0.1) is 10.1 Å². The summed E-state index contributed by atoms with van der Waals surface area (Å²) in [6.07, 6.45) is 2.75. The zero-order valence-corrected chi connectivity index (χ0v) is 14.0. The lowest BCUT2D eigenvalue weighted by Crippen LogP contribution is -2.27. The van der Waals surface area contributed by atoms with Crippen LogP contribution in [0.25, 0.3) is 0 Å². The van der Waals surface area contributed by atoms with Crippen LogP contribution in [0.2, 0.25) is 0 Å². The zero-order valence-electron chi connectivity index (χ0n) is 14.0. The molecule has 0 saturated carbocycles. The molecule has 0 fully saturated rings. The molecular weight excluding hydrogens is 310 g/mol. The van der Waals surface area contributed by atoms with Crippen molar-refractivity contribution in [2.75, 3.05) is 26.0 Å². The highest BCUT2D eigenvalue weighted by molar-refractivity contribution is 5.75. The number of rotatable bonds is 7. The summed E-state index contributed by atoms with van der Waals surface area (Å²) in [5.74, 6) is -0.0372. The van der Waals surface area contributed by atoms with Gasteiger partial charge in [-0.3, -0.25) is 19.6 Å². The van der Waals surface area contributed by atoms with Crippen molar-refractivity contribution < 1.29 is 9.72 Å². The zero-order chi connectivity index (χ0) is 17.7. The summed E-state index contributed by atoms with van der Waals surface area (Å²) in [6, 6.07) is 8.01. The van der Waals surface area contributed by atoms with Gasteiger partial charge in [-0.25, -0.2) is 0 Å². The quantitative estimate of drug-likeness (QED) is 0.571. The average Bonchev–Trinajstić information content (AvgIpc) is 3.02. The molecule has 0 aliphatic heterocycles. The molecule has 0 atom stereocenters. The third-order valence-corrected chi connectivity index (χ3v) is 3.68. The van der Waals surface area contributed by atoms with Gasteiger partial charge in [-0.05, 0) is 17.7 Å². The van der Waals surface area contributed by atoms with E-state index in [9.17, 15) is 14.9 Å². The maximum absolute atomic E-state index is 12.2. The van der Waals surface area contributed by atoms with Gasteiger partial charge in [-0.15, -0.1) is 0 Å². The van der Waals surface area contributed by atoms with E-state index in [1.54, 1.807) is 11.9 Å². The van der Waals surface area contributed by atoms with E-state index in [0.717, 1.165) is 11.3 Å². The lowest BCUT2D eigenvalue weighted by Gasteiger charge is -2.18. The van der Waals surface area contributed by atoms with Gasteiger partial charge in [0.05, 0.1) is 4.92 Å². The summed E-state index contributed by atoms with van der Waals surface area (Å²) < 4.78 is 1.41. The van der Waals surface area contributed by atoms with Crippen LogP contribution in [0.3, 0.4) is 0 Å². The fraction of sp³-hybridized carbons (Fsp3) is 0.375. The number of carbonyl (C=O) groups excluding carboxylic acids is 1. The van der Waals surface area contributed by atoms with Gasteiger partial charge in [-0.2, -0.15) is 5.10 Å². The molecule has 0 spiro atoms. The Morgan fingerprint density at radius 3 is 2.46 bits per heavy atom. The molecule has 0 aliphatic rings. The molecule has 24 heavy (non-hydrogen) atoms. The molecule has 1 aromatic heterocycles. The average molecular weight is 331 g/mol. The lowest BCUT2D eigenvalue weighted by atomic mass is 10.2. The molecule has 128 valence electrons. The lowest BCUT2D eigenvalue weighted by molar-refractivity contribution is -0.385. The Morgan fingerprint density at radius 1 is 1.25 bits per heavy atom. The predicted molar refractivity (Wildman–Crippen MR) is 90.7 cm³/mol. The predicted octanol–water partition coefficient (Wildman–Crippen LogP) is 1.91. The Bertz CT molecular complexity index is 709. The van der Waals surface area contributed by atoms with Crippen LogP contribution < -0.4 is 4.90 Å². The topological polar surface area (TPSA) is 84.5 Å². The molecule has 0 radical (unpaired) electrons. The summed E-state index contributed by atoms with van der Waals surface area (Å²) in [6.45, 7) is 0.836. The molecule has 1 heterocycles. The number of hydrogen-bond acceptors (Lipinski definition) is 5. The minimum absolute atomic E-state index is 0.0372. The molecule has 0 bridgehead atoms. The van der Waals surface area contributed by atoms with Crippen LogP contribution in [-0.4, -0.2) is 46.7 Å². The van der Waals surface area contributed by atoms with Gasteiger partial charge in [0.1, 0.15) is 12.4 Å². The van der Waals surface area contributed by atoms with Crippen molar-refractivity contribution in [3.63, 3.8) is 0 Å². The van der Waals surface area contributed by atoms with Crippen molar-refractivity contribution in [2.45, 2.75) is 19.5 Å². The maximum Gasteiger partial charge on any atom is 0.306 e. The summed E-state index contributed by atoms with van der Waals surface area (Å²) in [5, 5.41) is 14.5. The second-order valence-electron chi connectivity index (χ2n) is 5.78. The summed E-state index contributed by atoms with van der Waals surface area (Å²) >= 11 is 0. The molecule has 0 saturated heterocycles. The number of aryl methyl sites for hydroxylation is 1. The van der Waals surface area contributed by atoms with Crippen molar-refractivity contribution in [1.29, 1.82) is 0 Å². The van der Waals surface area contributed by atoms with Crippen molar-refractivity contribution in [3.05, 3.63) is 52.3 Å². The number of aromatic nitrogens is 2. The SMILES string of the molecule is CN(Cc1ccc(N(C)C)cc1)C(=O)CCn1cc([N+](=O)[O-])cn1. The summed E-state index contributed by atoms with van der Waals surface area (Å²) in [7, 11) is 5.70. The standard InChI is InChI=1S/C16H21N5O3/c1-18(2)14-6-4-13(5-7-14)11-19(3)16(22)8-9-20-12-15(10-17-20)21(23)24/h4-7,10,12H,8-9,11H2,1-3H3. The van der Waals surface area contributed by atoms with Crippen LogP contribution >= 0.6 is 0 Å². The van der Waals surface area contributed by atoms with E-state index in [1.165, 1.54) is 17.1 Å². The minimum atomic E-state index is -0.505. The van der Waals surface area contributed by atoms with Crippen LogP contribution in [0.1, 0.15) is 12.0 Å². The third-order valence-electron chi connectivity index (χ3n) is 3.68. The largest absolute Gasteiger partial charge is 0.378 e. The fourth-order valence-corrected chi connectivity index (χ4v) is 2.23. The highest BCUT2D eigenvalue weighted by atomic mass is 16.6. The summed E-state index contributed by atoms with van der Waals surface area (Å²) in [4.78, 5) is 25.9. The van der Waals surface area contributed by atoms with Gasteiger partial charge < -0.3 is 9.80 Å². The van der Waals surface area contributed by atoms with Gasteiger partial charge in [0.2, 0.25) is 5.91 Å². The van der Waals surface area contributed by atoms with E-state index in [4.69, 9.17) is 0 Å². The second kappa shape index (κ2) is 7.58. The van der Waals surface area contributed by atoms with E-state index in [-0.39, 0.29) is 18.0 Å². The van der Waals surface area contributed by atoms with E-state index >= 15 is 0 Å². The number of amides is 1. The first-order valence-corrected chi connectivity index (χ1v) is 7.54. The number of anilines is 1. The Balaban J connectivity index is 1.86. The van der Waals surface area contributed by atoms with Crippen molar-refractivity contribution in [2.24, 2.45) is 0 Å². The number of nitro groups is 1. The van der Waals surface area contributed by atoms with Gasteiger partial charge in [-0.1, -0.05) is 12.1 Å². The summed E-state index contributed by atoms with van der Waals surface area (Å²) in [5.41, 5.74) is 2.08. The maximum atomic E-state index is 12.2. The molecule has 2 rings (SSSR count). The van der Waals surface area contributed by atoms with Gasteiger partial charge in [0, 0.05) is 46.3 Å². The highest BCUT2D eigenvalue weighted by Crippen LogP contribution is 2.14. The van der Waals surface area contributed by atoms with Crippen molar-refractivity contribution in [3.8, 4) is 0 Å². The van der Waals surface area contributed by atoms with Crippen LogP contribution in [0.4, 0.5) is 11.4 Å². The van der Waals surface area contributed by atoms with Gasteiger partial charge >= 0.3 is 5.69 Å². The first kappa shape index (κ1) is 17.5. The molecule has 1 amide bonds.